The maximum Gasteiger partial charge on any atom is 0.251 e. The van der Waals surface area contributed by atoms with Crippen LogP contribution >= 0.6 is 0 Å². The van der Waals surface area contributed by atoms with Crippen LogP contribution in [0.15, 0.2) is 18.3 Å². The largest absolute Gasteiger partial charge is 0.384 e. The molecule has 0 unspecified atom stereocenters. The number of fused-ring (bicyclic) bond motifs is 1. The predicted octanol–water partition coefficient (Wildman–Crippen LogP) is 2.74. The van der Waals surface area contributed by atoms with Crippen molar-refractivity contribution in [2.45, 2.75) is 25.2 Å². The highest BCUT2D eigenvalue weighted by Crippen LogP contribution is 2.36. The molecule has 2 aromatic heterocycles. The minimum Gasteiger partial charge on any atom is -0.384 e. The van der Waals surface area contributed by atoms with E-state index in [9.17, 15) is 8.78 Å². The topological polar surface area (TPSA) is 67.6 Å². The number of nitrogens with two attached hydrogens (primary N) is 1. The van der Waals surface area contributed by atoms with Gasteiger partial charge in [-0.25, -0.2) is 13.8 Å². The zero-order chi connectivity index (χ0) is 12.8. The van der Waals surface area contributed by atoms with E-state index >= 15 is 0 Å². The Morgan fingerprint density at radius 3 is 2.94 bits per heavy atom. The fourth-order valence-electron chi connectivity index (χ4n) is 2.15. The molecule has 18 heavy (non-hydrogen) atoms. The molecule has 2 heterocycles. The number of aromatic nitrogens is 3. The van der Waals surface area contributed by atoms with Crippen LogP contribution in [0.3, 0.4) is 0 Å². The zero-order valence-electron chi connectivity index (χ0n) is 9.58. The number of nitrogens with one attached hydrogen (secondary N) is 1. The Morgan fingerprint density at radius 2 is 2.22 bits per heavy atom. The minimum absolute atomic E-state index is 0.113. The first-order chi connectivity index (χ1) is 8.55. The monoisotopic (exact) mass is 250 g/mol. The highest BCUT2D eigenvalue weighted by molar-refractivity contribution is 5.88. The lowest BCUT2D eigenvalue weighted by molar-refractivity contribution is -0.00602. The lowest BCUT2D eigenvalue weighted by Gasteiger charge is -2.21. The van der Waals surface area contributed by atoms with Crippen LogP contribution in [-0.2, 0) is 0 Å². The van der Waals surface area contributed by atoms with Crippen LogP contribution in [0.2, 0.25) is 0 Å². The summed E-state index contributed by atoms with van der Waals surface area (Å²) in [7, 11) is 0. The van der Waals surface area contributed by atoms with Crippen LogP contribution in [0, 0.1) is 0 Å². The number of hydrogen-bond donors (Lipinski definition) is 2. The van der Waals surface area contributed by atoms with Gasteiger partial charge in [0.1, 0.15) is 5.82 Å². The van der Waals surface area contributed by atoms with Crippen molar-refractivity contribution < 1.29 is 8.78 Å². The smallest absolute Gasteiger partial charge is 0.251 e. The van der Waals surface area contributed by atoms with Gasteiger partial charge in [-0.2, -0.15) is 5.10 Å². The molecule has 0 fully saturated rings. The Bertz CT molecular complexity index is 630. The van der Waals surface area contributed by atoms with Crippen LogP contribution < -0.4 is 5.73 Å². The van der Waals surface area contributed by atoms with Gasteiger partial charge in [-0.1, -0.05) is 6.08 Å². The quantitative estimate of drug-likeness (QED) is 0.817. The number of halogens is 2. The average Bonchev–Trinajstić information content (AvgIpc) is 2.71. The molecular weight excluding hydrogens is 238 g/mol. The van der Waals surface area contributed by atoms with E-state index < -0.39 is 5.92 Å². The SMILES string of the molecule is Nc1[nH]nc2ncc(C3=CCC(F)(F)CC3)cc12. The Balaban J connectivity index is 2.00. The van der Waals surface area contributed by atoms with E-state index in [-0.39, 0.29) is 12.8 Å². The number of allylic oxidation sites excluding steroid dienone is 2. The summed E-state index contributed by atoms with van der Waals surface area (Å²) < 4.78 is 26.1. The number of hydrogen-bond acceptors (Lipinski definition) is 3. The molecule has 3 N–H and O–H groups in total. The van der Waals surface area contributed by atoms with Gasteiger partial charge in [0.2, 0.25) is 0 Å². The molecule has 0 radical (unpaired) electrons. The molecule has 0 saturated heterocycles. The molecule has 6 heteroatoms. The molecule has 0 bridgehead atoms. The summed E-state index contributed by atoms with van der Waals surface area (Å²) in [6.45, 7) is 0. The van der Waals surface area contributed by atoms with E-state index in [0.29, 0.717) is 17.9 Å². The standard InChI is InChI=1S/C12H12F2N4/c13-12(14)3-1-7(2-4-12)8-5-9-10(15)17-18-11(9)16-6-8/h1,5-6H,2-4H2,(H3,15,16,17,18). The lowest BCUT2D eigenvalue weighted by atomic mass is 9.92. The van der Waals surface area contributed by atoms with Crippen LogP contribution in [0.1, 0.15) is 24.8 Å². The number of H-pyrrole nitrogens is 1. The predicted molar refractivity (Wildman–Crippen MR) is 65.1 cm³/mol. The summed E-state index contributed by atoms with van der Waals surface area (Å²) in [5.74, 6) is -2.13. The van der Waals surface area contributed by atoms with Crippen molar-refractivity contribution in [2.75, 3.05) is 5.73 Å². The third kappa shape index (κ3) is 1.83. The minimum atomic E-state index is -2.57. The molecule has 0 aromatic carbocycles. The number of nitrogens with zero attached hydrogens (tertiary/aromatic N) is 2. The molecule has 0 aliphatic heterocycles. The number of pyridine rings is 1. The van der Waals surface area contributed by atoms with Gasteiger partial charge in [0.25, 0.3) is 5.92 Å². The lowest BCUT2D eigenvalue weighted by Crippen LogP contribution is -2.18. The van der Waals surface area contributed by atoms with E-state index in [1.807, 2.05) is 6.07 Å². The molecule has 1 aliphatic rings. The second-order valence-corrected chi connectivity index (χ2v) is 4.52. The molecule has 94 valence electrons. The summed E-state index contributed by atoms with van der Waals surface area (Å²) in [5, 5.41) is 7.30. The molecule has 4 nitrogen and oxygen atoms in total. The fourth-order valence-corrected chi connectivity index (χ4v) is 2.15. The first-order valence-corrected chi connectivity index (χ1v) is 5.72. The fraction of sp³-hybridized carbons (Fsp3) is 0.333. The first kappa shape index (κ1) is 11.1. The Morgan fingerprint density at radius 1 is 1.39 bits per heavy atom. The van der Waals surface area contributed by atoms with Gasteiger partial charge in [0, 0.05) is 19.0 Å². The summed E-state index contributed by atoms with van der Waals surface area (Å²) in [6.07, 6.45) is 3.28. The number of aromatic amines is 1. The Hall–Kier alpha value is -1.98. The van der Waals surface area contributed by atoms with Gasteiger partial charge in [0.05, 0.1) is 5.39 Å². The molecule has 0 saturated carbocycles. The second-order valence-electron chi connectivity index (χ2n) is 4.52. The van der Waals surface area contributed by atoms with Crippen molar-refractivity contribution in [1.29, 1.82) is 0 Å². The van der Waals surface area contributed by atoms with Crippen molar-refractivity contribution in [3.05, 3.63) is 23.9 Å². The Kier molecular flexibility index (Phi) is 2.33. The first-order valence-electron chi connectivity index (χ1n) is 5.72. The van der Waals surface area contributed by atoms with Crippen LogP contribution in [0.5, 0.6) is 0 Å². The summed E-state index contributed by atoms with van der Waals surface area (Å²) in [5.41, 5.74) is 8.00. The third-order valence-corrected chi connectivity index (χ3v) is 3.22. The number of anilines is 1. The highest BCUT2D eigenvalue weighted by Gasteiger charge is 2.31. The van der Waals surface area contributed by atoms with E-state index in [4.69, 9.17) is 5.73 Å². The summed E-state index contributed by atoms with van der Waals surface area (Å²) in [4.78, 5) is 4.16. The van der Waals surface area contributed by atoms with Crippen molar-refractivity contribution in [3.8, 4) is 0 Å². The normalized spacial score (nSPS) is 18.9. The van der Waals surface area contributed by atoms with Crippen molar-refractivity contribution in [3.63, 3.8) is 0 Å². The zero-order valence-corrected chi connectivity index (χ0v) is 9.58. The molecule has 2 aromatic rings. The van der Waals surface area contributed by atoms with Gasteiger partial charge >= 0.3 is 0 Å². The molecule has 0 amide bonds. The van der Waals surface area contributed by atoms with E-state index in [0.717, 1.165) is 16.5 Å². The molecule has 0 spiro atoms. The van der Waals surface area contributed by atoms with Gasteiger partial charge in [-0.05, 0) is 23.6 Å². The number of rotatable bonds is 1. The van der Waals surface area contributed by atoms with Crippen molar-refractivity contribution >= 4 is 22.4 Å². The van der Waals surface area contributed by atoms with Crippen molar-refractivity contribution in [1.82, 2.24) is 15.2 Å². The Labute approximate surface area is 102 Å². The van der Waals surface area contributed by atoms with Crippen LogP contribution in [0.4, 0.5) is 14.6 Å². The second kappa shape index (κ2) is 3.76. The molecule has 0 atom stereocenters. The molecular formula is C12H12F2N4. The van der Waals surface area contributed by atoms with Gasteiger partial charge < -0.3 is 5.73 Å². The number of alkyl halides is 2. The van der Waals surface area contributed by atoms with E-state index in [1.54, 1.807) is 12.3 Å². The summed E-state index contributed by atoms with van der Waals surface area (Å²) in [6, 6.07) is 1.84. The van der Waals surface area contributed by atoms with E-state index in [2.05, 4.69) is 15.2 Å². The van der Waals surface area contributed by atoms with E-state index in [1.165, 1.54) is 0 Å². The van der Waals surface area contributed by atoms with Gasteiger partial charge in [0.15, 0.2) is 5.65 Å². The van der Waals surface area contributed by atoms with Crippen LogP contribution in [-0.4, -0.2) is 21.1 Å². The van der Waals surface area contributed by atoms with Gasteiger partial charge in [-0.15, -0.1) is 0 Å². The maximum absolute atomic E-state index is 13.1. The third-order valence-electron chi connectivity index (χ3n) is 3.22. The molecule has 3 rings (SSSR count). The average molecular weight is 250 g/mol. The van der Waals surface area contributed by atoms with Crippen LogP contribution in [0.25, 0.3) is 16.6 Å². The molecule has 1 aliphatic carbocycles. The highest BCUT2D eigenvalue weighted by atomic mass is 19.3. The van der Waals surface area contributed by atoms with Gasteiger partial charge in [-0.3, -0.25) is 5.10 Å². The van der Waals surface area contributed by atoms with Crippen molar-refractivity contribution in [2.24, 2.45) is 0 Å². The number of nitrogen functional groups attached to an aromatic ring is 1. The summed E-state index contributed by atoms with van der Waals surface area (Å²) >= 11 is 0. The maximum atomic E-state index is 13.1.